The summed E-state index contributed by atoms with van der Waals surface area (Å²) >= 11 is 0. The van der Waals surface area contributed by atoms with Crippen molar-refractivity contribution >= 4 is 17.7 Å². The molecule has 0 aliphatic heterocycles. The first-order chi connectivity index (χ1) is 9.04. The quantitative estimate of drug-likeness (QED) is 0.657. The molecule has 1 aromatic carbocycles. The topological polar surface area (TPSA) is 99.1 Å². The third-order valence-corrected chi connectivity index (χ3v) is 2.28. The number of hydrogen-bond acceptors (Lipinski definition) is 4. The number of aliphatic carboxylic acids is 1. The first kappa shape index (κ1) is 14.8. The van der Waals surface area contributed by atoms with Crippen molar-refractivity contribution in [3.8, 4) is 5.75 Å². The molecule has 2 amide bonds. The van der Waals surface area contributed by atoms with Gasteiger partial charge in [0.2, 0.25) is 0 Å². The maximum absolute atomic E-state index is 11.9. The van der Waals surface area contributed by atoms with Gasteiger partial charge >= 0.3 is 12.0 Å². The SMILES string of the molecule is COCCNC(=O)N(CC(=O)O)c1ccc(O)cc1. The van der Waals surface area contributed by atoms with E-state index >= 15 is 0 Å². The van der Waals surface area contributed by atoms with Gasteiger partial charge in [-0.3, -0.25) is 9.69 Å². The van der Waals surface area contributed by atoms with Crippen LogP contribution < -0.4 is 10.2 Å². The maximum Gasteiger partial charge on any atom is 0.323 e. The number of ether oxygens (including phenoxy) is 1. The number of carboxylic acid groups (broad SMARTS) is 1. The molecule has 0 spiro atoms. The monoisotopic (exact) mass is 268 g/mol. The largest absolute Gasteiger partial charge is 0.508 e. The predicted octanol–water partition coefficient (Wildman–Crippen LogP) is 0.639. The Morgan fingerprint density at radius 2 is 1.95 bits per heavy atom. The van der Waals surface area contributed by atoms with E-state index in [9.17, 15) is 14.7 Å². The molecule has 0 saturated heterocycles. The fourth-order valence-electron chi connectivity index (χ4n) is 1.40. The summed E-state index contributed by atoms with van der Waals surface area (Å²) in [5.74, 6) is -1.09. The maximum atomic E-state index is 11.9. The number of nitrogens with one attached hydrogen (secondary N) is 1. The lowest BCUT2D eigenvalue weighted by atomic mass is 10.3. The molecule has 3 N–H and O–H groups in total. The van der Waals surface area contributed by atoms with Crippen molar-refractivity contribution in [3.63, 3.8) is 0 Å². The van der Waals surface area contributed by atoms with E-state index in [4.69, 9.17) is 9.84 Å². The van der Waals surface area contributed by atoms with Crippen molar-refractivity contribution in [1.82, 2.24) is 5.32 Å². The lowest BCUT2D eigenvalue weighted by Crippen LogP contribution is -2.44. The van der Waals surface area contributed by atoms with Gasteiger partial charge in [-0.25, -0.2) is 4.79 Å². The number of methoxy groups -OCH3 is 1. The van der Waals surface area contributed by atoms with Crippen molar-refractivity contribution in [1.29, 1.82) is 0 Å². The van der Waals surface area contributed by atoms with Gasteiger partial charge in [-0.05, 0) is 24.3 Å². The third-order valence-electron chi connectivity index (χ3n) is 2.28. The van der Waals surface area contributed by atoms with Gasteiger partial charge in [0.05, 0.1) is 6.61 Å². The Kier molecular flexibility index (Phi) is 5.62. The van der Waals surface area contributed by atoms with Crippen molar-refractivity contribution in [2.75, 3.05) is 31.7 Å². The van der Waals surface area contributed by atoms with Crippen LogP contribution in [0.3, 0.4) is 0 Å². The second-order valence-corrected chi connectivity index (χ2v) is 3.72. The molecule has 0 aromatic heterocycles. The Hall–Kier alpha value is -2.28. The highest BCUT2D eigenvalue weighted by Crippen LogP contribution is 2.18. The van der Waals surface area contributed by atoms with E-state index in [0.717, 1.165) is 4.90 Å². The molecule has 19 heavy (non-hydrogen) atoms. The molecule has 104 valence electrons. The first-order valence-electron chi connectivity index (χ1n) is 5.59. The summed E-state index contributed by atoms with van der Waals surface area (Å²) in [6, 6.07) is 5.16. The normalized spacial score (nSPS) is 9.95. The minimum atomic E-state index is -1.13. The molecule has 1 rings (SSSR count). The predicted molar refractivity (Wildman–Crippen MR) is 68.4 cm³/mol. The first-order valence-corrected chi connectivity index (χ1v) is 5.59. The molecule has 0 unspecified atom stereocenters. The molecule has 7 heteroatoms. The molecule has 0 bridgehead atoms. The number of nitrogens with zero attached hydrogens (tertiary/aromatic N) is 1. The smallest absolute Gasteiger partial charge is 0.323 e. The van der Waals surface area contributed by atoms with E-state index in [0.29, 0.717) is 12.3 Å². The van der Waals surface area contributed by atoms with Crippen molar-refractivity contribution in [2.45, 2.75) is 0 Å². The number of phenols is 1. The van der Waals surface area contributed by atoms with Gasteiger partial charge in [0.15, 0.2) is 0 Å². The number of aromatic hydroxyl groups is 1. The van der Waals surface area contributed by atoms with Crippen LogP contribution in [-0.4, -0.2) is 49.0 Å². The fourth-order valence-corrected chi connectivity index (χ4v) is 1.40. The number of anilines is 1. The third kappa shape index (κ3) is 4.84. The highest BCUT2D eigenvalue weighted by atomic mass is 16.5. The van der Waals surface area contributed by atoms with Crippen LogP contribution in [-0.2, 0) is 9.53 Å². The molecule has 0 aliphatic carbocycles. The van der Waals surface area contributed by atoms with Gasteiger partial charge in [0, 0.05) is 19.3 Å². The summed E-state index contributed by atoms with van der Waals surface area (Å²) in [5, 5.41) is 20.5. The van der Waals surface area contributed by atoms with E-state index in [1.165, 1.54) is 31.4 Å². The molecular formula is C12H16N2O5. The van der Waals surface area contributed by atoms with E-state index in [2.05, 4.69) is 5.32 Å². The number of carbonyl (C=O) groups is 2. The van der Waals surface area contributed by atoms with Crippen molar-refractivity contribution in [2.24, 2.45) is 0 Å². The van der Waals surface area contributed by atoms with Gasteiger partial charge in [-0.15, -0.1) is 0 Å². The number of hydrogen-bond donors (Lipinski definition) is 3. The zero-order valence-electron chi connectivity index (χ0n) is 10.5. The van der Waals surface area contributed by atoms with Gasteiger partial charge in [-0.2, -0.15) is 0 Å². The van der Waals surface area contributed by atoms with E-state index < -0.39 is 18.5 Å². The van der Waals surface area contributed by atoms with E-state index in [1.807, 2.05) is 0 Å². The summed E-state index contributed by atoms with van der Waals surface area (Å²) < 4.78 is 4.79. The number of carbonyl (C=O) groups excluding carboxylic acids is 1. The summed E-state index contributed by atoms with van der Waals surface area (Å²) in [7, 11) is 1.50. The Labute approximate surface area is 110 Å². The summed E-state index contributed by atoms with van der Waals surface area (Å²) in [4.78, 5) is 23.7. The number of carboxylic acids is 1. The van der Waals surface area contributed by atoms with Crippen LogP contribution >= 0.6 is 0 Å². The summed E-state index contributed by atoms with van der Waals surface area (Å²) in [6.07, 6.45) is 0. The van der Waals surface area contributed by atoms with Crippen LogP contribution in [0.5, 0.6) is 5.75 Å². The molecule has 1 aromatic rings. The molecule has 0 radical (unpaired) electrons. The van der Waals surface area contributed by atoms with Crippen LogP contribution in [0.2, 0.25) is 0 Å². The molecule has 7 nitrogen and oxygen atoms in total. The fraction of sp³-hybridized carbons (Fsp3) is 0.333. The summed E-state index contributed by atoms with van der Waals surface area (Å²) in [6.45, 7) is 0.148. The molecule has 0 fully saturated rings. The average molecular weight is 268 g/mol. The highest BCUT2D eigenvalue weighted by molar-refractivity contribution is 5.96. The Morgan fingerprint density at radius 1 is 1.32 bits per heavy atom. The molecular weight excluding hydrogens is 252 g/mol. The van der Waals surface area contributed by atoms with Gasteiger partial charge < -0.3 is 20.3 Å². The number of rotatable bonds is 6. The van der Waals surface area contributed by atoms with Crippen LogP contribution in [0.25, 0.3) is 0 Å². The number of urea groups is 1. The van der Waals surface area contributed by atoms with E-state index in [1.54, 1.807) is 0 Å². The lowest BCUT2D eigenvalue weighted by Gasteiger charge is -2.21. The molecule has 0 heterocycles. The minimum Gasteiger partial charge on any atom is -0.508 e. The highest BCUT2D eigenvalue weighted by Gasteiger charge is 2.18. The molecule has 0 saturated carbocycles. The van der Waals surface area contributed by atoms with Crippen LogP contribution in [0, 0.1) is 0 Å². The summed E-state index contributed by atoms with van der Waals surface area (Å²) in [5.41, 5.74) is 0.384. The van der Waals surface area contributed by atoms with Crippen molar-refractivity contribution < 1.29 is 24.5 Å². The number of amides is 2. The molecule has 0 aliphatic rings. The van der Waals surface area contributed by atoms with Crippen LogP contribution in [0.4, 0.5) is 10.5 Å². The zero-order chi connectivity index (χ0) is 14.3. The zero-order valence-corrected chi connectivity index (χ0v) is 10.5. The lowest BCUT2D eigenvalue weighted by molar-refractivity contribution is -0.135. The van der Waals surface area contributed by atoms with E-state index in [-0.39, 0.29) is 12.3 Å². The molecule has 0 atom stereocenters. The van der Waals surface area contributed by atoms with Gasteiger partial charge in [-0.1, -0.05) is 0 Å². The Morgan fingerprint density at radius 3 is 2.47 bits per heavy atom. The van der Waals surface area contributed by atoms with Crippen LogP contribution in [0.15, 0.2) is 24.3 Å². The second-order valence-electron chi connectivity index (χ2n) is 3.72. The van der Waals surface area contributed by atoms with Crippen molar-refractivity contribution in [3.05, 3.63) is 24.3 Å². The second kappa shape index (κ2) is 7.22. The van der Waals surface area contributed by atoms with Gasteiger partial charge in [0.1, 0.15) is 12.3 Å². The Bertz CT molecular complexity index is 432. The average Bonchev–Trinajstić information content (AvgIpc) is 2.37. The van der Waals surface area contributed by atoms with Gasteiger partial charge in [0.25, 0.3) is 0 Å². The standard InChI is InChI=1S/C12H16N2O5/c1-19-7-6-13-12(18)14(8-11(16)17)9-2-4-10(15)5-3-9/h2-5,15H,6-8H2,1H3,(H,13,18)(H,16,17). The number of benzene rings is 1. The number of phenolic OH excluding ortho intramolecular Hbond substituents is 1. The van der Waals surface area contributed by atoms with Crippen LogP contribution in [0.1, 0.15) is 0 Å². The minimum absolute atomic E-state index is 0.0406. The Balaban J connectivity index is 2.79.